The summed E-state index contributed by atoms with van der Waals surface area (Å²) in [5, 5.41) is 10.1. The normalized spacial score (nSPS) is 23.7. The topological polar surface area (TPSA) is 101 Å². The zero-order chi connectivity index (χ0) is 20.8. The van der Waals surface area contributed by atoms with E-state index in [4.69, 9.17) is 4.42 Å². The van der Waals surface area contributed by atoms with Gasteiger partial charge in [0.15, 0.2) is 0 Å². The van der Waals surface area contributed by atoms with Crippen LogP contribution in [0.2, 0.25) is 0 Å². The minimum absolute atomic E-state index is 0.0610. The molecule has 3 aliphatic rings. The zero-order valence-corrected chi connectivity index (χ0v) is 16.2. The first kappa shape index (κ1) is 19.1. The number of carbonyl (C=O) groups excluding carboxylic acids is 2. The summed E-state index contributed by atoms with van der Waals surface area (Å²) in [4.78, 5) is 31.6. The van der Waals surface area contributed by atoms with Crippen LogP contribution >= 0.6 is 0 Å². The van der Waals surface area contributed by atoms with E-state index in [9.17, 15) is 18.4 Å². The molecule has 2 aliphatic carbocycles. The van der Waals surface area contributed by atoms with E-state index in [0.717, 1.165) is 38.5 Å². The fourth-order valence-corrected chi connectivity index (χ4v) is 4.32. The van der Waals surface area contributed by atoms with Gasteiger partial charge < -0.3 is 14.6 Å². The minimum Gasteiger partial charge on any atom is -0.415 e. The Morgan fingerprint density at radius 2 is 2.00 bits per heavy atom. The van der Waals surface area contributed by atoms with Crippen LogP contribution in [0.4, 0.5) is 8.78 Å². The third-order valence-electron chi connectivity index (χ3n) is 6.06. The van der Waals surface area contributed by atoms with Crippen molar-refractivity contribution in [3.05, 3.63) is 29.4 Å². The number of halogens is 2. The molecule has 8 nitrogen and oxygen atoms in total. The number of alkyl halides is 2. The lowest BCUT2D eigenvalue weighted by atomic mass is 9.89. The number of rotatable bonds is 5. The Kier molecular flexibility index (Phi) is 4.71. The Balaban J connectivity index is 1.36. The molecule has 158 valence electrons. The van der Waals surface area contributed by atoms with Crippen LogP contribution in [0.15, 0.2) is 16.7 Å². The summed E-state index contributed by atoms with van der Waals surface area (Å²) < 4.78 is 30.4. The molecular formula is C20H21F2N5O3. The van der Waals surface area contributed by atoms with Gasteiger partial charge >= 0.3 is 6.43 Å². The Hall–Kier alpha value is -2.91. The van der Waals surface area contributed by atoms with Gasteiger partial charge in [-0.15, -0.1) is 10.2 Å². The van der Waals surface area contributed by atoms with Gasteiger partial charge in [-0.1, -0.05) is 12.8 Å². The SMILES string of the molecule is O=C(N[C@@H]1CCCC[C@H]1N1Cc2ncc(-c3nnc(C(F)F)o3)cc2C1=O)C1CC1. The van der Waals surface area contributed by atoms with Gasteiger partial charge in [-0.3, -0.25) is 14.6 Å². The molecule has 2 amide bonds. The minimum atomic E-state index is -2.86. The van der Waals surface area contributed by atoms with Gasteiger partial charge in [0, 0.05) is 18.2 Å². The predicted octanol–water partition coefficient (Wildman–Crippen LogP) is 2.86. The monoisotopic (exact) mass is 417 g/mol. The first-order valence-corrected chi connectivity index (χ1v) is 10.2. The molecule has 0 radical (unpaired) electrons. The summed E-state index contributed by atoms with van der Waals surface area (Å²) in [7, 11) is 0. The molecule has 0 bridgehead atoms. The maximum absolute atomic E-state index is 13.2. The maximum atomic E-state index is 13.2. The van der Waals surface area contributed by atoms with Crippen LogP contribution in [0.3, 0.4) is 0 Å². The molecule has 5 rings (SSSR count). The van der Waals surface area contributed by atoms with E-state index in [-0.39, 0.29) is 35.7 Å². The molecule has 1 aliphatic heterocycles. The average Bonchev–Trinajstić information content (AvgIpc) is 3.39. The van der Waals surface area contributed by atoms with Crippen molar-refractivity contribution in [3.63, 3.8) is 0 Å². The molecule has 2 atom stereocenters. The Labute approximate surface area is 171 Å². The van der Waals surface area contributed by atoms with E-state index in [1.165, 1.54) is 6.20 Å². The third kappa shape index (κ3) is 3.44. The van der Waals surface area contributed by atoms with Crippen LogP contribution < -0.4 is 5.32 Å². The fraction of sp³-hybridized carbons (Fsp3) is 0.550. The predicted molar refractivity (Wildman–Crippen MR) is 99.3 cm³/mol. The summed E-state index contributed by atoms with van der Waals surface area (Å²) in [6.07, 6.45) is 4.15. The lowest BCUT2D eigenvalue weighted by Crippen LogP contribution is -2.53. The molecule has 2 saturated carbocycles. The van der Waals surface area contributed by atoms with Gasteiger partial charge in [-0.05, 0) is 31.7 Å². The fourth-order valence-electron chi connectivity index (χ4n) is 4.32. The standard InChI is InChI=1S/C20H21F2N5O3/c21-16(22)19-26-25-18(30-19)11-7-12-14(23-8-11)9-27(20(12)29)15-4-2-1-3-13(15)24-17(28)10-5-6-10/h7-8,10,13,15-16H,1-6,9H2,(H,24,28)/t13-,15-/m1/s1. The molecule has 0 saturated heterocycles. The van der Waals surface area contributed by atoms with Crippen molar-refractivity contribution in [1.29, 1.82) is 0 Å². The highest BCUT2D eigenvalue weighted by atomic mass is 19.3. The molecule has 1 N–H and O–H groups in total. The van der Waals surface area contributed by atoms with Gasteiger partial charge in [-0.25, -0.2) is 0 Å². The molecule has 2 aromatic heterocycles. The second-order valence-electron chi connectivity index (χ2n) is 8.14. The highest BCUT2D eigenvalue weighted by Gasteiger charge is 2.41. The van der Waals surface area contributed by atoms with E-state index < -0.39 is 12.3 Å². The van der Waals surface area contributed by atoms with Gasteiger partial charge in [0.1, 0.15) is 0 Å². The number of hydrogen-bond acceptors (Lipinski definition) is 6. The third-order valence-corrected chi connectivity index (χ3v) is 6.06. The van der Waals surface area contributed by atoms with Gasteiger partial charge in [0.25, 0.3) is 11.8 Å². The second kappa shape index (κ2) is 7.41. The number of nitrogens with one attached hydrogen (secondary N) is 1. The average molecular weight is 417 g/mol. The van der Waals surface area contributed by atoms with Crippen molar-refractivity contribution in [1.82, 2.24) is 25.4 Å². The number of nitrogens with zero attached hydrogens (tertiary/aromatic N) is 4. The summed E-state index contributed by atoms with van der Waals surface area (Å²) in [5.41, 5.74) is 1.35. The van der Waals surface area contributed by atoms with Gasteiger partial charge in [0.2, 0.25) is 11.8 Å². The number of pyridine rings is 1. The van der Waals surface area contributed by atoms with E-state index >= 15 is 0 Å². The van der Waals surface area contributed by atoms with Crippen LogP contribution in [-0.4, -0.2) is 44.0 Å². The van der Waals surface area contributed by atoms with E-state index in [1.807, 2.05) is 0 Å². The number of aromatic nitrogens is 3. The van der Waals surface area contributed by atoms with Crippen LogP contribution in [0.5, 0.6) is 0 Å². The summed E-state index contributed by atoms with van der Waals surface area (Å²) in [5.74, 6) is -0.835. The molecule has 30 heavy (non-hydrogen) atoms. The van der Waals surface area contributed by atoms with Crippen molar-refractivity contribution in [3.8, 4) is 11.5 Å². The molecule has 0 unspecified atom stereocenters. The molecule has 0 aromatic carbocycles. The highest BCUT2D eigenvalue weighted by molar-refractivity contribution is 5.99. The Bertz CT molecular complexity index is 991. The van der Waals surface area contributed by atoms with Crippen LogP contribution in [-0.2, 0) is 11.3 Å². The van der Waals surface area contributed by atoms with E-state index in [0.29, 0.717) is 23.4 Å². The Morgan fingerprint density at radius 1 is 1.20 bits per heavy atom. The lowest BCUT2D eigenvalue weighted by molar-refractivity contribution is -0.123. The van der Waals surface area contributed by atoms with Crippen molar-refractivity contribution in [2.45, 2.75) is 63.6 Å². The summed E-state index contributed by atoms with van der Waals surface area (Å²) in [6.45, 7) is 0.362. The largest absolute Gasteiger partial charge is 0.415 e. The van der Waals surface area contributed by atoms with Crippen LogP contribution in [0, 0.1) is 5.92 Å². The molecule has 0 spiro atoms. The zero-order valence-electron chi connectivity index (χ0n) is 16.2. The van der Waals surface area contributed by atoms with E-state index in [1.54, 1.807) is 11.0 Å². The molecule has 2 aromatic rings. The summed E-state index contributed by atoms with van der Waals surface area (Å²) >= 11 is 0. The Morgan fingerprint density at radius 3 is 2.73 bits per heavy atom. The first-order valence-electron chi connectivity index (χ1n) is 10.2. The van der Waals surface area contributed by atoms with Crippen molar-refractivity contribution in [2.75, 3.05) is 0 Å². The molecule has 2 fully saturated rings. The van der Waals surface area contributed by atoms with Crippen molar-refractivity contribution < 1.29 is 22.8 Å². The lowest BCUT2D eigenvalue weighted by Gasteiger charge is -2.38. The van der Waals surface area contributed by atoms with Gasteiger partial charge in [-0.2, -0.15) is 8.78 Å². The maximum Gasteiger partial charge on any atom is 0.314 e. The quantitative estimate of drug-likeness (QED) is 0.803. The number of fused-ring (bicyclic) bond motifs is 1. The number of hydrogen-bond donors (Lipinski definition) is 1. The first-order chi connectivity index (χ1) is 14.5. The number of amides is 2. The molecule has 3 heterocycles. The highest BCUT2D eigenvalue weighted by Crippen LogP contribution is 2.34. The molecular weight excluding hydrogens is 396 g/mol. The van der Waals surface area contributed by atoms with Crippen molar-refractivity contribution >= 4 is 11.8 Å². The van der Waals surface area contributed by atoms with Gasteiger partial charge in [0.05, 0.1) is 29.4 Å². The van der Waals surface area contributed by atoms with E-state index in [2.05, 4.69) is 20.5 Å². The van der Waals surface area contributed by atoms with Crippen LogP contribution in [0.25, 0.3) is 11.5 Å². The number of carbonyl (C=O) groups is 2. The van der Waals surface area contributed by atoms with Crippen LogP contribution in [0.1, 0.15) is 66.9 Å². The molecule has 10 heteroatoms. The van der Waals surface area contributed by atoms with Crippen molar-refractivity contribution in [2.24, 2.45) is 5.92 Å². The second-order valence-corrected chi connectivity index (χ2v) is 8.14. The smallest absolute Gasteiger partial charge is 0.314 e. The summed E-state index contributed by atoms with van der Waals surface area (Å²) in [6, 6.07) is 1.42.